The van der Waals surface area contributed by atoms with Gasteiger partial charge in [-0.25, -0.2) is 8.42 Å². The Morgan fingerprint density at radius 3 is 2.19 bits per heavy atom. The van der Waals surface area contributed by atoms with Crippen molar-refractivity contribution in [2.75, 3.05) is 13.1 Å². The van der Waals surface area contributed by atoms with Gasteiger partial charge in [-0.1, -0.05) is 63.1 Å². The first-order valence-corrected chi connectivity index (χ1v) is 11.4. The van der Waals surface area contributed by atoms with Crippen molar-refractivity contribution in [2.24, 2.45) is 0 Å². The van der Waals surface area contributed by atoms with Crippen molar-refractivity contribution in [3.63, 3.8) is 0 Å². The lowest BCUT2D eigenvalue weighted by molar-refractivity contribution is 0.406. The van der Waals surface area contributed by atoms with Gasteiger partial charge in [0.25, 0.3) is 0 Å². The lowest BCUT2D eigenvalue weighted by atomic mass is 9.87. The third-order valence-electron chi connectivity index (χ3n) is 5.33. The Morgan fingerprint density at radius 1 is 0.963 bits per heavy atom. The van der Waals surface area contributed by atoms with Gasteiger partial charge < -0.3 is 0 Å². The number of hydrogen-bond acceptors (Lipinski definition) is 2. The Morgan fingerprint density at radius 2 is 1.59 bits per heavy atom. The summed E-state index contributed by atoms with van der Waals surface area (Å²) in [6, 6.07) is 15.2. The molecule has 0 aromatic heterocycles. The molecule has 1 unspecified atom stereocenters. The van der Waals surface area contributed by atoms with Crippen molar-refractivity contribution in [2.45, 2.75) is 56.3 Å². The van der Waals surface area contributed by atoms with E-state index in [9.17, 15) is 8.42 Å². The van der Waals surface area contributed by atoms with Crippen LogP contribution in [0.4, 0.5) is 0 Å². The molecule has 1 aliphatic heterocycles. The van der Waals surface area contributed by atoms with Gasteiger partial charge in [0.2, 0.25) is 10.0 Å². The Hall–Kier alpha value is -1.36. The lowest BCUT2D eigenvalue weighted by Crippen LogP contribution is -2.34. The van der Waals surface area contributed by atoms with Gasteiger partial charge in [-0.2, -0.15) is 4.31 Å². The normalized spacial score (nSPS) is 19.6. The number of sulfonamides is 1. The van der Waals surface area contributed by atoms with Gasteiger partial charge in [-0.05, 0) is 59.6 Å². The highest BCUT2D eigenvalue weighted by atomic mass is 35.5. The number of benzene rings is 2. The topological polar surface area (TPSA) is 37.4 Å². The summed E-state index contributed by atoms with van der Waals surface area (Å²) in [6.07, 6.45) is 2.92. The first-order chi connectivity index (χ1) is 12.7. The van der Waals surface area contributed by atoms with Crippen molar-refractivity contribution in [3.05, 3.63) is 64.7 Å². The van der Waals surface area contributed by atoms with E-state index in [2.05, 4.69) is 20.8 Å². The average molecular weight is 406 g/mol. The number of halogens is 1. The SMILES string of the molecule is CC(C)(C)c1ccc(S(=O)(=O)N2CCCCC(c3ccc(Cl)cc3)C2)cc1. The van der Waals surface area contributed by atoms with Gasteiger partial charge in [-0.15, -0.1) is 0 Å². The van der Waals surface area contributed by atoms with Crippen LogP contribution in [0.1, 0.15) is 57.1 Å². The van der Waals surface area contributed by atoms with Gasteiger partial charge in [0.05, 0.1) is 4.90 Å². The third kappa shape index (κ3) is 4.74. The second kappa shape index (κ2) is 7.94. The van der Waals surface area contributed by atoms with E-state index >= 15 is 0 Å². The van der Waals surface area contributed by atoms with Crippen LogP contribution >= 0.6 is 11.6 Å². The minimum atomic E-state index is -3.49. The molecule has 1 heterocycles. The maximum absolute atomic E-state index is 13.2. The van der Waals surface area contributed by atoms with Gasteiger partial charge >= 0.3 is 0 Å². The third-order valence-corrected chi connectivity index (χ3v) is 7.46. The van der Waals surface area contributed by atoms with E-state index in [4.69, 9.17) is 11.6 Å². The molecule has 3 nitrogen and oxygen atoms in total. The van der Waals surface area contributed by atoms with Gasteiger partial charge in [-0.3, -0.25) is 0 Å². The highest BCUT2D eigenvalue weighted by molar-refractivity contribution is 7.89. The fraction of sp³-hybridized carbons (Fsp3) is 0.455. The fourth-order valence-electron chi connectivity index (χ4n) is 3.61. The maximum atomic E-state index is 13.2. The van der Waals surface area contributed by atoms with Gasteiger partial charge in [0.15, 0.2) is 0 Å². The summed E-state index contributed by atoms with van der Waals surface area (Å²) in [4.78, 5) is 0.382. The number of hydrogen-bond donors (Lipinski definition) is 0. The highest BCUT2D eigenvalue weighted by Crippen LogP contribution is 2.31. The van der Waals surface area contributed by atoms with E-state index in [1.54, 1.807) is 16.4 Å². The highest BCUT2D eigenvalue weighted by Gasteiger charge is 2.29. The van der Waals surface area contributed by atoms with E-state index in [-0.39, 0.29) is 11.3 Å². The smallest absolute Gasteiger partial charge is 0.207 e. The molecule has 0 bridgehead atoms. The average Bonchev–Trinajstić information content (AvgIpc) is 2.88. The largest absolute Gasteiger partial charge is 0.243 e. The van der Waals surface area contributed by atoms with Crippen molar-refractivity contribution in [1.29, 1.82) is 0 Å². The van der Waals surface area contributed by atoms with E-state index in [1.165, 1.54) is 0 Å². The molecule has 2 aromatic carbocycles. The summed E-state index contributed by atoms with van der Waals surface area (Å²) < 4.78 is 28.1. The Kier molecular flexibility index (Phi) is 5.99. The van der Waals surface area contributed by atoms with Crippen LogP contribution in [0, 0.1) is 0 Å². The van der Waals surface area contributed by atoms with Crippen LogP contribution in [0.3, 0.4) is 0 Å². The minimum Gasteiger partial charge on any atom is -0.207 e. The van der Waals surface area contributed by atoms with Crippen LogP contribution in [0.2, 0.25) is 5.02 Å². The lowest BCUT2D eigenvalue weighted by Gasteiger charge is -2.25. The summed E-state index contributed by atoms with van der Waals surface area (Å²) in [5.74, 6) is 0.202. The molecule has 5 heteroatoms. The van der Waals surface area contributed by atoms with E-state index in [0.29, 0.717) is 23.0 Å². The zero-order valence-corrected chi connectivity index (χ0v) is 17.9. The zero-order chi connectivity index (χ0) is 19.7. The summed E-state index contributed by atoms with van der Waals surface area (Å²) in [7, 11) is -3.49. The molecule has 27 heavy (non-hydrogen) atoms. The van der Waals surface area contributed by atoms with Crippen LogP contribution in [-0.4, -0.2) is 25.8 Å². The molecule has 0 amide bonds. The molecule has 2 aromatic rings. The predicted octanol–water partition coefficient (Wildman–Crippen LogP) is 5.60. The van der Waals surface area contributed by atoms with Gasteiger partial charge in [0.1, 0.15) is 0 Å². The molecule has 146 valence electrons. The molecule has 1 fully saturated rings. The molecule has 1 atom stereocenters. The van der Waals surface area contributed by atoms with E-state index in [1.807, 2.05) is 36.4 Å². The van der Waals surface area contributed by atoms with Crippen LogP contribution in [-0.2, 0) is 15.4 Å². The van der Waals surface area contributed by atoms with Crippen LogP contribution in [0.25, 0.3) is 0 Å². The van der Waals surface area contributed by atoms with E-state index in [0.717, 1.165) is 30.4 Å². The molecular weight excluding hydrogens is 378 g/mol. The van der Waals surface area contributed by atoms with Gasteiger partial charge in [0, 0.05) is 18.1 Å². The van der Waals surface area contributed by atoms with Crippen LogP contribution in [0.5, 0.6) is 0 Å². The van der Waals surface area contributed by atoms with Crippen molar-refractivity contribution in [1.82, 2.24) is 4.31 Å². The molecule has 1 aliphatic rings. The molecule has 1 saturated heterocycles. The summed E-state index contributed by atoms with van der Waals surface area (Å²) in [6.45, 7) is 7.48. The maximum Gasteiger partial charge on any atom is 0.243 e. The molecule has 0 radical (unpaired) electrons. The summed E-state index contributed by atoms with van der Waals surface area (Å²) in [5, 5.41) is 0.704. The fourth-order valence-corrected chi connectivity index (χ4v) is 5.26. The predicted molar refractivity (Wildman–Crippen MR) is 112 cm³/mol. The Bertz CT molecular complexity index is 868. The minimum absolute atomic E-state index is 0.00454. The zero-order valence-electron chi connectivity index (χ0n) is 16.3. The molecular formula is C22H28ClNO2S. The first-order valence-electron chi connectivity index (χ1n) is 9.54. The number of rotatable bonds is 3. The molecule has 0 spiro atoms. The molecule has 0 saturated carbocycles. The van der Waals surface area contributed by atoms with Crippen molar-refractivity contribution < 1.29 is 8.42 Å². The van der Waals surface area contributed by atoms with Crippen molar-refractivity contribution >= 4 is 21.6 Å². The second-order valence-electron chi connectivity index (χ2n) is 8.38. The first kappa shape index (κ1) is 20.4. The van der Waals surface area contributed by atoms with E-state index < -0.39 is 10.0 Å². The quantitative estimate of drug-likeness (QED) is 0.666. The second-order valence-corrected chi connectivity index (χ2v) is 10.8. The standard InChI is InChI=1S/C22H28ClNO2S/c1-22(2,3)19-9-13-21(14-10-19)27(25,26)24-15-5-4-6-18(16-24)17-7-11-20(23)12-8-17/h7-14,18H,4-6,15-16H2,1-3H3. The summed E-state index contributed by atoms with van der Waals surface area (Å²) in [5.41, 5.74) is 2.30. The Labute approximate surface area is 168 Å². The molecule has 0 N–H and O–H groups in total. The molecule has 3 rings (SSSR count). The molecule has 0 aliphatic carbocycles. The van der Waals surface area contributed by atoms with Crippen molar-refractivity contribution in [3.8, 4) is 0 Å². The van der Waals surface area contributed by atoms with Crippen LogP contribution < -0.4 is 0 Å². The Balaban J connectivity index is 1.85. The van der Waals surface area contributed by atoms with Crippen LogP contribution in [0.15, 0.2) is 53.4 Å². The summed E-state index contributed by atoms with van der Waals surface area (Å²) >= 11 is 6.00. The number of nitrogens with zero attached hydrogens (tertiary/aromatic N) is 1. The monoisotopic (exact) mass is 405 g/mol.